The van der Waals surface area contributed by atoms with Crippen molar-refractivity contribution in [1.29, 1.82) is 0 Å². The summed E-state index contributed by atoms with van der Waals surface area (Å²) in [6.45, 7) is 11.6. The third-order valence-electron chi connectivity index (χ3n) is 5.91. The van der Waals surface area contributed by atoms with Gasteiger partial charge in [-0.1, -0.05) is 106 Å². The lowest BCUT2D eigenvalue weighted by atomic mass is 10.1. The van der Waals surface area contributed by atoms with E-state index in [4.69, 9.17) is 9.16 Å². The smallest absolute Gasteiger partial charge is 0.333 e. The van der Waals surface area contributed by atoms with Gasteiger partial charge in [0, 0.05) is 5.57 Å². The molecule has 2 aromatic rings. The van der Waals surface area contributed by atoms with Crippen molar-refractivity contribution in [3.05, 3.63) is 84.0 Å². The van der Waals surface area contributed by atoms with Crippen molar-refractivity contribution in [3.63, 3.8) is 0 Å². The van der Waals surface area contributed by atoms with Crippen molar-refractivity contribution < 1.29 is 14.0 Å². The van der Waals surface area contributed by atoms with Gasteiger partial charge in [-0.25, -0.2) is 4.79 Å². The van der Waals surface area contributed by atoms with Gasteiger partial charge in [0.25, 0.3) is 8.32 Å². The fourth-order valence-electron chi connectivity index (χ4n) is 4.15. The molecule has 0 amide bonds. The Morgan fingerprint density at radius 3 is 1.91 bits per heavy atom. The van der Waals surface area contributed by atoms with Crippen molar-refractivity contribution in [3.8, 4) is 0 Å². The molecule has 0 aliphatic rings. The second-order valence-corrected chi connectivity index (χ2v) is 13.4. The minimum absolute atomic E-state index is 0.0310. The number of methoxy groups -OCH3 is 1. The molecule has 0 aromatic heterocycles. The van der Waals surface area contributed by atoms with E-state index in [0.29, 0.717) is 13.0 Å². The van der Waals surface area contributed by atoms with Crippen LogP contribution in [-0.2, 0) is 14.0 Å². The first-order chi connectivity index (χ1) is 15.3. The monoisotopic (exact) mass is 450 g/mol. The fourth-order valence-corrected chi connectivity index (χ4v) is 8.64. The SMILES string of the molecule is CC/C(=C\CC/C(C)=C/CO[Si](c1ccccc1)(c1ccccc1)C(C)(C)C)C(=O)OC. The normalized spacial score (nSPS) is 13.2. The number of esters is 1. The van der Waals surface area contributed by atoms with Crippen molar-refractivity contribution in [1.82, 2.24) is 0 Å². The van der Waals surface area contributed by atoms with Gasteiger partial charge in [-0.05, 0) is 41.6 Å². The Bertz CT molecular complexity index is 869. The molecule has 0 bridgehead atoms. The van der Waals surface area contributed by atoms with E-state index in [1.54, 1.807) is 0 Å². The number of carbonyl (C=O) groups is 1. The second-order valence-electron chi connectivity index (χ2n) is 9.14. The predicted molar refractivity (Wildman–Crippen MR) is 137 cm³/mol. The van der Waals surface area contributed by atoms with Crippen LogP contribution in [-0.4, -0.2) is 28.0 Å². The van der Waals surface area contributed by atoms with Gasteiger partial charge < -0.3 is 9.16 Å². The highest BCUT2D eigenvalue weighted by Crippen LogP contribution is 2.36. The number of hydrogen-bond donors (Lipinski definition) is 0. The molecular weight excluding hydrogens is 412 g/mol. The maximum atomic E-state index is 11.7. The van der Waals surface area contributed by atoms with Gasteiger partial charge in [0.1, 0.15) is 0 Å². The molecule has 0 aliphatic heterocycles. The van der Waals surface area contributed by atoms with Crippen LogP contribution >= 0.6 is 0 Å². The van der Waals surface area contributed by atoms with Crippen molar-refractivity contribution in [2.75, 3.05) is 13.7 Å². The highest BCUT2D eigenvalue weighted by atomic mass is 28.4. The van der Waals surface area contributed by atoms with Gasteiger partial charge in [-0.15, -0.1) is 0 Å². The highest BCUT2D eigenvalue weighted by molar-refractivity contribution is 6.99. The summed E-state index contributed by atoms with van der Waals surface area (Å²) in [4.78, 5) is 11.7. The van der Waals surface area contributed by atoms with E-state index in [1.807, 2.05) is 13.0 Å². The number of carbonyl (C=O) groups excluding carboxylic acids is 1. The zero-order valence-electron chi connectivity index (χ0n) is 20.5. The van der Waals surface area contributed by atoms with E-state index >= 15 is 0 Å². The van der Waals surface area contributed by atoms with Crippen LogP contribution < -0.4 is 10.4 Å². The quantitative estimate of drug-likeness (QED) is 0.199. The van der Waals surface area contributed by atoms with Crippen LogP contribution in [0.3, 0.4) is 0 Å². The zero-order valence-corrected chi connectivity index (χ0v) is 21.5. The van der Waals surface area contributed by atoms with E-state index in [-0.39, 0.29) is 11.0 Å². The molecule has 4 heteroatoms. The molecule has 0 atom stereocenters. The van der Waals surface area contributed by atoms with E-state index < -0.39 is 8.32 Å². The van der Waals surface area contributed by atoms with Crippen LogP contribution in [0.1, 0.15) is 53.9 Å². The number of ether oxygens (including phenoxy) is 1. The van der Waals surface area contributed by atoms with Gasteiger partial charge in [0.15, 0.2) is 0 Å². The molecule has 0 N–H and O–H groups in total. The fraction of sp³-hybridized carbons (Fsp3) is 0.393. The molecule has 172 valence electrons. The minimum atomic E-state index is -2.51. The standard InChI is InChI=1S/C28H38O3Si/c1-7-24(27(29)30-6)16-14-15-23(2)21-22-31-32(28(3,4)5,25-17-10-8-11-18-25)26-19-12-9-13-20-26/h8-13,16-21H,7,14-15,22H2,1-6H3/b23-21+,24-16+. The molecule has 0 saturated heterocycles. The summed E-state index contributed by atoms with van der Waals surface area (Å²) in [6, 6.07) is 21.4. The van der Waals surface area contributed by atoms with Crippen LogP contribution in [0, 0.1) is 0 Å². The summed E-state index contributed by atoms with van der Waals surface area (Å²) in [7, 11) is -1.08. The Morgan fingerprint density at radius 1 is 0.938 bits per heavy atom. The predicted octanol–water partition coefficient (Wildman–Crippen LogP) is 5.80. The largest absolute Gasteiger partial charge is 0.466 e. The average molecular weight is 451 g/mol. The Kier molecular flexibility index (Phi) is 9.67. The number of benzene rings is 2. The molecule has 0 radical (unpaired) electrons. The van der Waals surface area contributed by atoms with Gasteiger partial charge in [0.2, 0.25) is 0 Å². The van der Waals surface area contributed by atoms with Crippen LogP contribution in [0.15, 0.2) is 84.0 Å². The zero-order chi connectivity index (χ0) is 23.6. The van der Waals surface area contributed by atoms with E-state index in [1.165, 1.54) is 23.1 Å². The summed E-state index contributed by atoms with van der Waals surface area (Å²) < 4.78 is 11.8. The summed E-state index contributed by atoms with van der Waals surface area (Å²) in [5.41, 5.74) is 2.00. The molecule has 0 saturated carbocycles. The highest BCUT2D eigenvalue weighted by Gasteiger charge is 2.49. The molecule has 0 spiro atoms. The first kappa shape index (κ1) is 25.8. The Hall–Kier alpha value is -2.43. The average Bonchev–Trinajstić information content (AvgIpc) is 2.79. The first-order valence-corrected chi connectivity index (χ1v) is 13.3. The van der Waals surface area contributed by atoms with Crippen molar-refractivity contribution >= 4 is 24.7 Å². The maximum Gasteiger partial charge on any atom is 0.333 e. The molecule has 0 unspecified atom stereocenters. The number of rotatable bonds is 10. The van der Waals surface area contributed by atoms with Gasteiger partial charge in [-0.3, -0.25) is 0 Å². The Balaban J connectivity index is 2.24. The first-order valence-electron chi connectivity index (χ1n) is 11.4. The Labute approximate surface area is 195 Å². The minimum Gasteiger partial charge on any atom is -0.466 e. The second kappa shape index (κ2) is 12.0. The Morgan fingerprint density at radius 2 is 1.47 bits per heavy atom. The third-order valence-corrected chi connectivity index (χ3v) is 10.9. The van der Waals surface area contributed by atoms with Gasteiger partial charge in [-0.2, -0.15) is 0 Å². The lowest BCUT2D eigenvalue weighted by Gasteiger charge is -2.42. The van der Waals surface area contributed by atoms with Crippen LogP contribution in [0.5, 0.6) is 0 Å². The lowest BCUT2D eigenvalue weighted by molar-refractivity contribution is -0.136. The lowest BCUT2D eigenvalue weighted by Crippen LogP contribution is -2.66. The summed E-state index contributed by atoms with van der Waals surface area (Å²) >= 11 is 0. The third kappa shape index (κ3) is 6.30. The summed E-state index contributed by atoms with van der Waals surface area (Å²) in [5, 5.41) is 2.55. The maximum absolute atomic E-state index is 11.7. The molecular formula is C28H38O3Si. The van der Waals surface area contributed by atoms with Crippen LogP contribution in [0.25, 0.3) is 0 Å². The molecule has 0 heterocycles. The van der Waals surface area contributed by atoms with Crippen LogP contribution in [0.2, 0.25) is 5.04 Å². The summed E-state index contributed by atoms with van der Waals surface area (Å²) in [6.07, 6.45) is 6.58. The molecule has 32 heavy (non-hydrogen) atoms. The van der Waals surface area contributed by atoms with Gasteiger partial charge >= 0.3 is 5.97 Å². The molecule has 2 aromatic carbocycles. The molecule has 2 rings (SSSR count). The van der Waals surface area contributed by atoms with E-state index in [0.717, 1.165) is 18.4 Å². The van der Waals surface area contributed by atoms with Crippen molar-refractivity contribution in [2.24, 2.45) is 0 Å². The van der Waals surface area contributed by atoms with E-state index in [2.05, 4.69) is 94.4 Å². The van der Waals surface area contributed by atoms with Gasteiger partial charge in [0.05, 0.1) is 13.7 Å². The van der Waals surface area contributed by atoms with E-state index in [9.17, 15) is 4.79 Å². The molecule has 0 aliphatic carbocycles. The van der Waals surface area contributed by atoms with Crippen molar-refractivity contribution in [2.45, 2.75) is 58.9 Å². The topological polar surface area (TPSA) is 35.5 Å². The summed E-state index contributed by atoms with van der Waals surface area (Å²) in [5.74, 6) is -0.232. The molecule has 0 fully saturated rings. The van der Waals surface area contributed by atoms with Crippen LogP contribution in [0.4, 0.5) is 0 Å². The number of hydrogen-bond acceptors (Lipinski definition) is 3. The number of allylic oxidation sites excluding steroid dienone is 2. The molecule has 3 nitrogen and oxygen atoms in total.